The molecule has 5 rings (SSSR count). The molecule has 2 amide bonds. The van der Waals surface area contributed by atoms with E-state index in [-0.39, 0.29) is 24.4 Å². The van der Waals surface area contributed by atoms with Crippen LogP contribution < -0.4 is 21.7 Å². The molecule has 0 spiro atoms. The number of piperazine rings is 1. The predicted molar refractivity (Wildman–Crippen MR) is 180 cm³/mol. The van der Waals surface area contributed by atoms with Crippen molar-refractivity contribution in [3.05, 3.63) is 108 Å². The van der Waals surface area contributed by atoms with Gasteiger partial charge < -0.3 is 31.8 Å². The number of nitrogens with two attached hydrogens (primary N) is 1. The van der Waals surface area contributed by atoms with Gasteiger partial charge in [0.1, 0.15) is 13.2 Å². The van der Waals surface area contributed by atoms with Crippen LogP contribution in [0, 0.1) is 0 Å². The van der Waals surface area contributed by atoms with Gasteiger partial charge in [-0.2, -0.15) is 0 Å². The lowest BCUT2D eigenvalue weighted by molar-refractivity contribution is -0.133. The van der Waals surface area contributed by atoms with Crippen LogP contribution in [-0.4, -0.2) is 82.9 Å². The molecule has 0 radical (unpaired) electrons. The van der Waals surface area contributed by atoms with Gasteiger partial charge in [-0.1, -0.05) is 72.8 Å². The number of nitrogens with zero attached hydrogens (tertiary/aromatic N) is 1. The van der Waals surface area contributed by atoms with Crippen molar-refractivity contribution >= 4 is 34.6 Å². The number of aromatic hydroxyl groups is 1. The molecule has 4 atom stereocenters. The van der Waals surface area contributed by atoms with Crippen LogP contribution in [0.3, 0.4) is 0 Å². The van der Waals surface area contributed by atoms with Gasteiger partial charge in [-0.25, -0.2) is 0 Å². The van der Waals surface area contributed by atoms with E-state index in [0.29, 0.717) is 19.6 Å². The quantitative estimate of drug-likeness (QED) is 0.126. The Bertz CT molecular complexity index is 1680. The molecule has 0 bridgehead atoms. The molecule has 1 aliphatic heterocycles. The summed E-state index contributed by atoms with van der Waals surface area (Å²) in [4.78, 5) is 46.3. The lowest BCUT2D eigenvalue weighted by Crippen LogP contribution is -2.61. The molecule has 3 aromatic carbocycles. The van der Waals surface area contributed by atoms with Crippen molar-refractivity contribution in [2.45, 2.75) is 43.9 Å². The number of para-hydroxylation sites is 1. The first-order valence-electron chi connectivity index (χ1n) is 16.1. The fraction of sp³-hybridized carbons (Fsp3) is 0.306. The highest BCUT2D eigenvalue weighted by atomic mass is 16.3. The van der Waals surface area contributed by atoms with Gasteiger partial charge in [-0.15, -0.1) is 0 Å². The van der Waals surface area contributed by atoms with Crippen LogP contribution >= 0.6 is 0 Å². The second-order valence-electron chi connectivity index (χ2n) is 11.7. The zero-order chi connectivity index (χ0) is 33.2. The second kappa shape index (κ2) is 15.5. The van der Waals surface area contributed by atoms with Crippen molar-refractivity contribution in [3.8, 4) is 5.75 Å². The van der Waals surface area contributed by atoms with Crippen molar-refractivity contribution in [1.29, 1.82) is 0 Å². The summed E-state index contributed by atoms with van der Waals surface area (Å²) in [5.41, 5.74) is 5.93. The van der Waals surface area contributed by atoms with E-state index in [0.717, 1.165) is 34.1 Å². The zero-order valence-corrected chi connectivity index (χ0v) is 25.9. The third-order valence-electron chi connectivity index (χ3n) is 8.34. The number of aromatic nitrogens is 1. The Hall–Kier alpha value is -4.77. The molecule has 1 unspecified atom stereocenters. The van der Waals surface area contributed by atoms with Crippen LogP contribution in [0.25, 0.3) is 17.0 Å². The number of benzene rings is 3. The minimum Gasteiger partial charge on any atom is -0.508 e. The molecule has 0 saturated carbocycles. The standard InChI is InChI=1S/C36H42N6O4/c1-24(40-36(46)30(37)20-26-13-15-28(43)16-14-26)35(45)41-32(21-27-22-39-31-12-6-5-11-29(27)31)34(44)33-23-38-17-19-42(33)18-7-10-25-8-3-2-4-9-25/h2-16,22,24,30,32-33,38-39,43H,17-21,23,37H2,1H3,(H,40,46)(H,41,45)/t24-,30-,32-,33?/m0/s1/i/hD. The number of Topliss-reactive ketones (excluding diaryl/α,β-unsaturated/α-hetero) is 1. The van der Waals surface area contributed by atoms with Crippen molar-refractivity contribution < 1.29 is 20.9 Å². The lowest BCUT2D eigenvalue weighted by atomic mass is 9.95. The average Bonchev–Trinajstić information content (AvgIpc) is 3.50. The topological polar surface area (TPSA) is 153 Å². The van der Waals surface area contributed by atoms with Gasteiger partial charge in [0.05, 0.1) is 18.1 Å². The number of hydrogen-bond donors (Lipinski definition) is 6. The minimum absolute atomic E-state index is 0.103. The van der Waals surface area contributed by atoms with Crippen LogP contribution in [-0.2, 0) is 27.2 Å². The van der Waals surface area contributed by atoms with Crippen molar-refractivity contribution in [3.63, 3.8) is 0 Å². The first-order valence-corrected chi connectivity index (χ1v) is 15.6. The fourth-order valence-corrected chi connectivity index (χ4v) is 5.75. The predicted octanol–water partition coefficient (Wildman–Crippen LogP) is 2.53. The van der Waals surface area contributed by atoms with Crippen LogP contribution in [0.1, 0.15) is 23.6 Å². The van der Waals surface area contributed by atoms with Gasteiger partial charge >= 0.3 is 0 Å². The SMILES string of the molecule is [2H]N[C@@H](Cc1ccc(O)cc1)C(=O)N[C@@H](C)C(=O)N[C@@H](Cc1c[nH]c2ccccc12)C(=O)C1CNCCN1CC=Cc1ccccc1. The third kappa shape index (κ3) is 8.48. The molecule has 10 heteroatoms. The summed E-state index contributed by atoms with van der Waals surface area (Å²) in [5, 5.41) is 19.5. The summed E-state index contributed by atoms with van der Waals surface area (Å²) in [6.07, 6.45) is 6.43. The molecular weight excluding hydrogens is 580 g/mol. The van der Waals surface area contributed by atoms with Gasteiger partial charge in [0, 0.05) is 49.7 Å². The number of phenolic OH excluding ortho intramolecular Hbond substituents is 1. The van der Waals surface area contributed by atoms with E-state index in [1.165, 1.54) is 12.1 Å². The maximum atomic E-state index is 14.3. The van der Waals surface area contributed by atoms with Gasteiger partial charge in [-0.3, -0.25) is 19.3 Å². The van der Waals surface area contributed by atoms with Gasteiger partial charge in [0.25, 0.3) is 0 Å². The molecule has 1 saturated heterocycles. The van der Waals surface area contributed by atoms with Crippen molar-refractivity contribution in [2.24, 2.45) is 5.73 Å². The number of carbonyl (C=O) groups excluding carboxylic acids is 3. The smallest absolute Gasteiger partial charge is 0.242 e. The Balaban J connectivity index is 1.30. The van der Waals surface area contributed by atoms with Gasteiger partial charge in [0.15, 0.2) is 5.78 Å². The zero-order valence-electron chi connectivity index (χ0n) is 26.9. The molecule has 7 N–H and O–H groups in total. The average molecular weight is 624 g/mol. The highest BCUT2D eigenvalue weighted by Crippen LogP contribution is 2.21. The number of carbonyl (C=O) groups is 3. The summed E-state index contributed by atoms with van der Waals surface area (Å²) >= 11 is 0. The summed E-state index contributed by atoms with van der Waals surface area (Å²) in [6.45, 7) is 4.03. The van der Waals surface area contributed by atoms with E-state index in [4.69, 9.17) is 1.41 Å². The maximum Gasteiger partial charge on any atom is 0.242 e. The highest BCUT2D eigenvalue weighted by molar-refractivity contribution is 5.96. The summed E-state index contributed by atoms with van der Waals surface area (Å²) in [7, 11) is 0. The van der Waals surface area contributed by atoms with Crippen LogP contribution in [0.4, 0.5) is 0 Å². The molecule has 1 aliphatic rings. The van der Waals surface area contributed by atoms with E-state index in [9.17, 15) is 19.5 Å². The number of rotatable bonds is 14. The third-order valence-corrected chi connectivity index (χ3v) is 8.34. The number of amides is 2. The summed E-state index contributed by atoms with van der Waals surface area (Å²) < 4.78 is 7.68. The van der Waals surface area contributed by atoms with Crippen LogP contribution in [0.5, 0.6) is 5.75 Å². The number of phenols is 1. The molecule has 2 heterocycles. The van der Waals surface area contributed by atoms with Crippen LogP contribution in [0.15, 0.2) is 91.1 Å². The van der Waals surface area contributed by atoms with E-state index >= 15 is 0 Å². The Kier molecular flexibility index (Phi) is 10.5. The van der Waals surface area contributed by atoms with E-state index < -0.39 is 36.0 Å². The number of fused-ring (bicyclic) bond motifs is 1. The number of hydrogen-bond acceptors (Lipinski definition) is 7. The molecule has 46 heavy (non-hydrogen) atoms. The summed E-state index contributed by atoms with van der Waals surface area (Å²) in [6, 6.07) is 21.0. The van der Waals surface area contributed by atoms with E-state index in [2.05, 4.69) is 37.6 Å². The highest BCUT2D eigenvalue weighted by Gasteiger charge is 2.35. The van der Waals surface area contributed by atoms with E-state index in [1.54, 1.807) is 19.1 Å². The minimum atomic E-state index is -0.967. The summed E-state index contributed by atoms with van der Waals surface area (Å²) in [5.74, 6) is -1.03. The van der Waals surface area contributed by atoms with Crippen molar-refractivity contribution in [2.75, 3.05) is 26.2 Å². The maximum absolute atomic E-state index is 14.3. The largest absolute Gasteiger partial charge is 0.508 e. The van der Waals surface area contributed by atoms with Crippen molar-refractivity contribution in [1.82, 2.24) is 25.8 Å². The first-order chi connectivity index (χ1) is 22.8. The monoisotopic (exact) mass is 623 g/mol. The lowest BCUT2D eigenvalue weighted by Gasteiger charge is -2.36. The molecule has 0 aliphatic carbocycles. The number of aromatic amines is 1. The van der Waals surface area contributed by atoms with E-state index in [1.807, 2.05) is 66.9 Å². The number of ketones is 1. The Labute approximate surface area is 270 Å². The first kappa shape index (κ1) is 31.2. The molecular formula is C36H42N6O4. The Morgan fingerprint density at radius 3 is 2.57 bits per heavy atom. The fourth-order valence-electron chi connectivity index (χ4n) is 5.75. The molecule has 10 nitrogen and oxygen atoms in total. The Morgan fingerprint density at radius 1 is 1.02 bits per heavy atom. The second-order valence-corrected chi connectivity index (χ2v) is 11.7. The molecule has 1 fully saturated rings. The normalized spacial score (nSPS) is 17.7. The molecule has 4 aromatic rings. The Morgan fingerprint density at radius 2 is 1.78 bits per heavy atom. The molecule has 240 valence electrons. The van der Waals surface area contributed by atoms with Gasteiger partial charge in [0.2, 0.25) is 11.8 Å². The van der Waals surface area contributed by atoms with Crippen LogP contribution in [0.2, 0.25) is 1.41 Å². The number of H-pyrrole nitrogens is 1. The molecule has 1 aromatic heterocycles. The van der Waals surface area contributed by atoms with Gasteiger partial charge in [-0.05, 0) is 48.2 Å². The number of nitrogens with one attached hydrogen (secondary N) is 4.